The highest BCUT2D eigenvalue weighted by molar-refractivity contribution is 7.98. The van der Waals surface area contributed by atoms with Gasteiger partial charge in [-0.25, -0.2) is 5.06 Å². The first-order valence-corrected chi connectivity index (χ1v) is 8.91. The molecule has 2 aromatic carbocycles. The van der Waals surface area contributed by atoms with E-state index in [1.165, 1.54) is 0 Å². The molecule has 0 saturated carbocycles. The van der Waals surface area contributed by atoms with Crippen molar-refractivity contribution in [3.63, 3.8) is 0 Å². The topological polar surface area (TPSA) is 58.6 Å². The first-order valence-electron chi connectivity index (χ1n) is 7.69. The van der Waals surface area contributed by atoms with Crippen LogP contribution < -0.4 is 10.4 Å². The number of hydrogen-bond donors (Lipinski definition) is 1. The first-order chi connectivity index (χ1) is 11.7. The van der Waals surface area contributed by atoms with Crippen molar-refractivity contribution < 1.29 is 14.4 Å². The summed E-state index contributed by atoms with van der Waals surface area (Å²) in [6.07, 6.45) is 1.24. The molecule has 1 N–H and O–H groups in total. The molecule has 2 amide bonds. The second-order valence-corrected chi connectivity index (χ2v) is 6.66. The smallest absolute Gasteiger partial charge is 0.259 e. The van der Waals surface area contributed by atoms with Crippen LogP contribution in [0.5, 0.6) is 0 Å². The number of amides is 2. The van der Waals surface area contributed by atoms with Gasteiger partial charge in [0, 0.05) is 4.90 Å². The summed E-state index contributed by atoms with van der Waals surface area (Å²) in [4.78, 5) is 31.4. The van der Waals surface area contributed by atoms with Gasteiger partial charge in [-0.2, -0.15) is 0 Å². The number of anilines is 1. The van der Waals surface area contributed by atoms with Crippen LogP contribution in [0.25, 0.3) is 0 Å². The van der Waals surface area contributed by atoms with Crippen molar-refractivity contribution in [1.29, 1.82) is 0 Å². The minimum Gasteiger partial charge on any atom is -0.294 e. The van der Waals surface area contributed by atoms with Gasteiger partial charge in [0.25, 0.3) is 5.91 Å². The molecule has 0 spiro atoms. The van der Waals surface area contributed by atoms with Crippen LogP contribution in [0.4, 0.5) is 5.69 Å². The number of nitrogens with zero attached hydrogens (tertiary/aromatic N) is 1. The van der Waals surface area contributed by atoms with Crippen molar-refractivity contribution in [2.45, 2.75) is 17.0 Å². The maximum absolute atomic E-state index is 12.3. The van der Waals surface area contributed by atoms with E-state index in [0.717, 1.165) is 16.1 Å². The molecule has 2 aliphatic rings. The number of para-hydroxylation sites is 1. The Kier molecular flexibility index (Phi) is 3.78. The molecule has 0 bridgehead atoms. The monoisotopic (exact) mass is 340 g/mol. The minimum atomic E-state index is -0.775. The van der Waals surface area contributed by atoms with Gasteiger partial charge in [-0.1, -0.05) is 30.3 Å². The van der Waals surface area contributed by atoms with Gasteiger partial charge in [-0.15, -0.1) is 11.8 Å². The van der Waals surface area contributed by atoms with Crippen LogP contribution in [0.2, 0.25) is 0 Å². The molecule has 0 radical (unpaired) electrons. The van der Waals surface area contributed by atoms with Crippen LogP contribution in [0.3, 0.4) is 0 Å². The molecule has 5 nitrogen and oxygen atoms in total. The highest BCUT2D eigenvalue weighted by Crippen LogP contribution is 2.44. The number of hydroxylamine groups is 1. The van der Waals surface area contributed by atoms with Crippen LogP contribution in [0.15, 0.2) is 59.5 Å². The van der Waals surface area contributed by atoms with E-state index in [1.54, 1.807) is 16.8 Å². The van der Waals surface area contributed by atoms with Gasteiger partial charge in [-0.3, -0.25) is 19.7 Å². The summed E-state index contributed by atoms with van der Waals surface area (Å²) in [5.74, 6) is -1.19. The molecular formula is C18H16N2O3S. The zero-order valence-corrected chi connectivity index (χ0v) is 13.8. The quantitative estimate of drug-likeness (QED) is 0.687. The fraction of sp³-hybridized carbons (Fsp3) is 0.222. The number of carbonyl (C=O) groups excluding carboxylic acids is 2. The van der Waals surface area contributed by atoms with E-state index in [2.05, 4.69) is 5.32 Å². The molecule has 0 aromatic heterocycles. The van der Waals surface area contributed by atoms with E-state index in [9.17, 15) is 9.59 Å². The van der Waals surface area contributed by atoms with Gasteiger partial charge in [0.15, 0.2) is 6.10 Å². The molecule has 2 aromatic rings. The standard InChI is InChI=1S/C18H16N2O3S/c1-24-13-9-7-11(8-10-13)15-14-16(18(22)19-17(14)21)23-20(15)12-5-3-2-4-6-12/h2-10,14-16H,1H3,(H,19,21,22)/t14-,15+,16-/m1/s1. The summed E-state index contributed by atoms with van der Waals surface area (Å²) in [5, 5.41) is 4.07. The lowest BCUT2D eigenvalue weighted by Gasteiger charge is -2.27. The number of rotatable bonds is 3. The van der Waals surface area contributed by atoms with Crippen molar-refractivity contribution in [2.75, 3.05) is 11.3 Å². The summed E-state index contributed by atoms with van der Waals surface area (Å²) >= 11 is 1.66. The average Bonchev–Trinajstić information content (AvgIpc) is 3.14. The number of fused-ring (bicyclic) bond motifs is 1. The van der Waals surface area contributed by atoms with E-state index in [4.69, 9.17) is 4.84 Å². The summed E-state index contributed by atoms with van der Waals surface area (Å²) in [7, 11) is 0. The fourth-order valence-electron chi connectivity index (χ4n) is 3.27. The van der Waals surface area contributed by atoms with E-state index in [-0.39, 0.29) is 17.9 Å². The van der Waals surface area contributed by atoms with Crippen molar-refractivity contribution >= 4 is 29.3 Å². The van der Waals surface area contributed by atoms with E-state index < -0.39 is 12.0 Å². The molecule has 3 atom stereocenters. The predicted molar refractivity (Wildman–Crippen MR) is 91.4 cm³/mol. The summed E-state index contributed by atoms with van der Waals surface area (Å²) < 4.78 is 0. The Hall–Kier alpha value is -2.31. The summed E-state index contributed by atoms with van der Waals surface area (Å²) in [5.41, 5.74) is 1.78. The largest absolute Gasteiger partial charge is 0.294 e. The molecule has 4 rings (SSSR count). The highest BCUT2D eigenvalue weighted by Gasteiger charge is 2.56. The molecule has 2 heterocycles. The second kappa shape index (κ2) is 5.96. The maximum Gasteiger partial charge on any atom is 0.259 e. The molecule has 0 aliphatic carbocycles. The number of hydrogen-bond acceptors (Lipinski definition) is 5. The molecule has 0 unspecified atom stereocenters. The Morgan fingerprint density at radius 2 is 1.71 bits per heavy atom. The third kappa shape index (κ3) is 2.39. The van der Waals surface area contributed by atoms with E-state index >= 15 is 0 Å². The van der Waals surface area contributed by atoms with Gasteiger partial charge < -0.3 is 0 Å². The van der Waals surface area contributed by atoms with Gasteiger partial charge in [-0.05, 0) is 36.1 Å². The molecule has 24 heavy (non-hydrogen) atoms. The van der Waals surface area contributed by atoms with Gasteiger partial charge >= 0.3 is 0 Å². The van der Waals surface area contributed by atoms with Crippen LogP contribution >= 0.6 is 11.8 Å². The minimum absolute atomic E-state index is 0.276. The maximum atomic E-state index is 12.3. The zero-order valence-electron chi connectivity index (χ0n) is 13.0. The van der Waals surface area contributed by atoms with Gasteiger partial charge in [0.05, 0.1) is 11.7 Å². The van der Waals surface area contributed by atoms with Crippen LogP contribution in [0, 0.1) is 5.92 Å². The van der Waals surface area contributed by atoms with Crippen LogP contribution in [0.1, 0.15) is 11.6 Å². The normalized spacial score (nSPS) is 25.7. The lowest BCUT2D eigenvalue weighted by molar-refractivity contribution is -0.129. The lowest BCUT2D eigenvalue weighted by atomic mass is 9.90. The Labute approximate surface area is 143 Å². The van der Waals surface area contributed by atoms with Crippen LogP contribution in [-0.4, -0.2) is 24.2 Å². The third-order valence-electron chi connectivity index (χ3n) is 4.42. The van der Waals surface area contributed by atoms with Crippen LogP contribution in [-0.2, 0) is 14.4 Å². The molecule has 122 valence electrons. The van der Waals surface area contributed by atoms with Crippen molar-refractivity contribution in [2.24, 2.45) is 5.92 Å². The average molecular weight is 340 g/mol. The van der Waals surface area contributed by atoms with Crippen molar-refractivity contribution in [3.8, 4) is 0 Å². The van der Waals surface area contributed by atoms with Gasteiger partial charge in [0.1, 0.15) is 5.92 Å². The SMILES string of the molecule is CSc1ccc([C@H]2[C@H]3C(=O)NC(=O)[C@@H]3ON2c2ccccc2)cc1. The van der Waals surface area contributed by atoms with E-state index in [1.807, 2.05) is 60.9 Å². The van der Waals surface area contributed by atoms with E-state index in [0.29, 0.717) is 0 Å². The highest BCUT2D eigenvalue weighted by atomic mass is 32.2. The molecular weight excluding hydrogens is 324 g/mol. The van der Waals surface area contributed by atoms with Crippen molar-refractivity contribution in [1.82, 2.24) is 5.32 Å². The molecule has 2 fully saturated rings. The Bertz CT molecular complexity index is 779. The van der Waals surface area contributed by atoms with Crippen molar-refractivity contribution in [3.05, 3.63) is 60.2 Å². The summed E-state index contributed by atoms with van der Waals surface area (Å²) in [6, 6.07) is 17.2. The predicted octanol–water partition coefficient (Wildman–Crippen LogP) is 2.54. The number of imide groups is 1. The molecule has 6 heteroatoms. The van der Waals surface area contributed by atoms with Gasteiger partial charge in [0.2, 0.25) is 5.91 Å². The lowest BCUT2D eigenvalue weighted by Crippen LogP contribution is -2.33. The molecule has 2 saturated heterocycles. The number of thioether (sulfide) groups is 1. The number of nitrogens with one attached hydrogen (secondary N) is 1. The Morgan fingerprint density at radius 1 is 1.00 bits per heavy atom. The number of carbonyl (C=O) groups is 2. The first kappa shape index (κ1) is 15.2. The Balaban J connectivity index is 1.78. The third-order valence-corrected chi connectivity index (χ3v) is 5.17. The fourth-order valence-corrected chi connectivity index (χ4v) is 3.68. The Morgan fingerprint density at radius 3 is 2.38 bits per heavy atom. The zero-order chi connectivity index (χ0) is 16.7. The summed E-state index contributed by atoms with van der Waals surface area (Å²) in [6.45, 7) is 0. The second-order valence-electron chi connectivity index (χ2n) is 5.78. The number of benzene rings is 2. The molecule has 2 aliphatic heterocycles.